The Balaban J connectivity index is 2.14. The van der Waals surface area contributed by atoms with Crippen molar-refractivity contribution in [2.24, 2.45) is 0 Å². The Morgan fingerprint density at radius 3 is 2.74 bits per heavy atom. The molecule has 0 aromatic carbocycles. The molecular formula is C22H25NO7S. The second-order valence-electron chi connectivity index (χ2n) is 6.77. The number of carbonyl (C=O) groups is 2. The molecule has 1 atom stereocenters. The van der Waals surface area contributed by atoms with E-state index < -0.39 is 28.8 Å². The highest BCUT2D eigenvalue weighted by molar-refractivity contribution is 7.14. The van der Waals surface area contributed by atoms with Crippen molar-refractivity contribution >= 4 is 29.3 Å². The predicted octanol–water partition coefficient (Wildman–Crippen LogP) is 4.76. The molecule has 166 valence electrons. The van der Waals surface area contributed by atoms with Crippen molar-refractivity contribution in [1.82, 2.24) is 5.32 Å². The van der Waals surface area contributed by atoms with Gasteiger partial charge in [-0.05, 0) is 50.5 Å². The molecule has 0 fully saturated rings. The van der Waals surface area contributed by atoms with E-state index in [9.17, 15) is 19.5 Å². The number of nitrogens with one attached hydrogen (secondary N) is 1. The van der Waals surface area contributed by atoms with Crippen LogP contribution in [0.15, 0.2) is 45.3 Å². The lowest BCUT2D eigenvalue weighted by molar-refractivity contribution is 0.102. The fourth-order valence-electron chi connectivity index (χ4n) is 2.76. The van der Waals surface area contributed by atoms with Crippen molar-refractivity contribution in [3.63, 3.8) is 0 Å². The highest BCUT2D eigenvalue weighted by atomic mass is 32.1. The topological polar surface area (TPSA) is 126 Å². The first-order chi connectivity index (χ1) is 14.7. The van der Waals surface area contributed by atoms with Gasteiger partial charge in [0.05, 0.1) is 6.61 Å². The Hall–Kier alpha value is -3.33. The zero-order valence-corrected chi connectivity index (χ0v) is 18.3. The third-order valence-electron chi connectivity index (χ3n) is 4.36. The first-order valence-corrected chi connectivity index (χ1v) is 10.5. The van der Waals surface area contributed by atoms with Gasteiger partial charge < -0.3 is 19.4 Å². The lowest BCUT2D eigenvalue weighted by atomic mass is 10.00. The van der Waals surface area contributed by atoms with Crippen molar-refractivity contribution in [3.8, 4) is 10.8 Å². The molecule has 0 aliphatic heterocycles. The fourth-order valence-corrected chi connectivity index (χ4v) is 3.68. The summed E-state index contributed by atoms with van der Waals surface area (Å²) in [5.41, 5.74) is -1.02. The van der Waals surface area contributed by atoms with Gasteiger partial charge in [-0.2, -0.15) is 0 Å². The maximum absolute atomic E-state index is 12.7. The van der Waals surface area contributed by atoms with Gasteiger partial charge in [-0.15, -0.1) is 0 Å². The predicted molar refractivity (Wildman–Crippen MR) is 118 cm³/mol. The maximum Gasteiger partial charge on any atom is 0.408 e. The Morgan fingerprint density at radius 1 is 1.35 bits per heavy atom. The number of Topliss-reactive ketones (excluding diaryl/α,β-unsaturated/α-hetero) is 1. The molecule has 0 bridgehead atoms. The average Bonchev–Trinajstić information content (AvgIpc) is 3.13. The van der Waals surface area contributed by atoms with E-state index in [2.05, 4.69) is 5.32 Å². The van der Waals surface area contributed by atoms with Crippen LogP contribution in [0.5, 0.6) is 10.8 Å². The van der Waals surface area contributed by atoms with Gasteiger partial charge in [-0.3, -0.25) is 10.1 Å². The van der Waals surface area contributed by atoms with Gasteiger partial charge >= 0.3 is 11.7 Å². The van der Waals surface area contributed by atoms with Crippen LogP contribution >= 0.6 is 11.3 Å². The molecule has 0 saturated carbocycles. The molecule has 2 heterocycles. The van der Waals surface area contributed by atoms with Crippen LogP contribution in [0.4, 0.5) is 4.79 Å². The van der Waals surface area contributed by atoms with Crippen molar-refractivity contribution in [3.05, 3.63) is 62.7 Å². The van der Waals surface area contributed by atoms with E-state index in [0.29, 0.717) is 19.4 Å². The number of hydrogen-bond acceptors (Lipinski definition) is 7. The van der Waals surface area contributed by atoms with E-state index in [1.807, 2.05) is 6.92 Å². The number of ketones is 1. The molecule has 2 aromatic rings. The van der Waals surface area contributed by atoms with Crippen LogP contribution in [-0.2, 0) is 0 Å². The minimum Gasteiger partial charge on any atom is -0.507 e. The maximum atomic E-state index is 12.7. The minimum absolute atomic E-state index is 0.225. The van der Waals surface area contributed by atoms with E-state index in [-0.39, 0.29) is 17.3 Å². The standard InChI is InChI=1S/C22H25NO7S/c1-4-29-18-9-8-15(31-18)11-14(3)20(25)19-16(24)12-17(30-21(19)26)13(2)7-5-6-10-23-22(27)28/h6,8-13,23-24H,4-5,7H2,1-3H3,(H,27,28)/b10-6+,14-11?. The number of aromatic hydroxyl groups is 1. The van der Waals surface area contributed by atoms with Crippen LogP contribution in [0.1, 0.15) is 60.5 Å². The van der Waals surface area contributed by atoms with E-state index >= 15 is 0 Å². The summed E-state index contributed by atoms with van der Waals surface area (Å²) in [5, 5.41) is 21.7. The van der Waals surface area contributed by atoms with E-state index in [0.717, 1.165) is 9.94 Å². The number of rotatable bonds is 10. The highest BCUT2D eigenvalue weighted by Gasteiger charge is 2.22. The van der Waals surface area contributed by atoms with Gasteiger partial charge in [0.15, 0.2) is 10.8 Å². The number of carboxylic acid groups (broad SMARTS) is 1. The molecule has 0 aliphatic rings. The monoisotopic (exact) mass is 447 g/mol. The van der Waals surface area contributed by atoms with E-state index in [1.165, 1.54) is 23.6 Å². The van der Waals surface area contributed by atoms with Crippen LogP contribution in [0.25, 0.3) is 6.08 Å². The minimum atomic E-state index is -1.15. The number of carbonyl (C=O) groups excluding carboxylic acids is 1. The van der Waals surface area contributed by atoms with E-state index in [1.54, 1.807) is 38.1 Å². The van der Waals surface area contributed by atoms with Crippen LogP contribution in [0, 0.1) is 0 Å². The quantitative estimate of drug-likeness (QED) is 0.354. The number of allylic oxidation sites excluding steroid dienone is 2. The van der Waals surface area contributed by atoms with Crippen LogP contribution in [0.2, 0.25) is 0 Å². The SMILES string of the molecule is CCOc1ccc(C=C(C)C(=O)c2c(O)cc(C(C)CC/C=C/NC(=O)O)oc2=O)s1. The zero-order valence-electron chi connectivity index (χ0n) is 17.5. The summed E-state index contributed by atoms with van der Waals surface area (Å²) in [7, 11) is 0. The fraction of sp³-hybridized carbons (Fsp3) is 0.318. The Kier molecular flexibility index (Phi) is 8.63. The first-order valence-electron chi connectivity index (χ1n) is 9.70. The number of amides is 1. The molecule has 2 aromatic heterocycles. The summed E-state index contributed by atoms with van der Waals surface area (Å²) in [5.74, 6) is -1.02. The zero-order chi connectivity index (χ0) is 23.0. The second-order valence-corrected chi connectivity index (χ2v) is 7.85. The molecule has 9 heteroatoms. The molecule has 0 saturated heterocycles. The molecule has 2 rings (SSSR count). The highest BCUT2D eigenvalue weighted by Crippen LogP contribution is 2.28. The summed E-state index contributed by atoms with van der Waals surface area (Å²) in [6.07, 6.45) is 4.49. The molecule has 0 aliphatic carbocycles. The normalized spacial score (nSPS) is 12.7. The summed E-state index contributed by atoms with van der Waals surface area (Å²) in [6.45, 7) is 5.78. The Morgan fingerprint density at radius 2 is 2.10 bits per heavy atom. The summed E-state index contributed by atoms with van der Waals surface area (Å²) in [6, 6.07) is 4.89. The summed E-state index contributed by atoms with van der Waals surface area (Å²) < 4.78 is 10.7. The third kappa shape index (κ3) is 6.85. The Bertz CT molecular complexity index is 1050. The molecule has 0 radical (unpaired) electrons. The molecular weight excluding hydrogens is 422 g/mol. The largest absolute Gasteiger partial charge is 0.507 e. The smallest absolute Gasteiger partial charge is 0.408 e. The summed E-state index contributed by atoms with van der Waals surface area (Å²) >= 11 is 1.37. The molecule has 3 N–H and O–H groups in total. The lowest BCUT2D eigenvalue weighted by Crippen LogP contribution is -2.16. The first kappa shape index (κ1) is 23.9. The number of hydrogen-bond donors (Lipinski definition) is 3. The molecule has 8 nitrogen and oxygen atoms in total. The number of thiophene rings is 1. The van der Waals surface area contributed by atoms with Crippen LogP contribution < -0.4 is 15.7 Å². The van der Waals surface area contributed by atoms with Gasteiger partial charge in [0.1, 0.15) is 17.1 Å². The van der Waals surface area contributed by atoms with E-state index in [4.69, 9.17) is 14.3 Å². The van der Waals surface area contributed by atoms with Crippen LogP contribution in [0.3, 0.4) is 0 Å². The van der Waals surface area contributed by atoms with Gasteiger partial charge in [0.25, 0.3) is 0 Å². The molecule has 31 heavy (non-hydrogen) atoms. The molecule has 0 spiro atoms. The van der Waals surface area contributed by atoms with Crippen molar-refractivity contribution in [2.45, 2.75) is 39.5 Å². The van der Waals surface area contributed by atoms with Crippen molar-refractivity contribution in [2.75, 3.05) is 6.61 Å². The van der Waals surface area contributed by atoms with Crippen LogP contribution in [-0.4, -0.2) is 28.7 Å². The van der Waals surface area contributed by atoms with Gasteiger partial charge in [0.2, 0.25) is 0 Å². The Labute approximate surface area is 183 Å². The van der Waals surface area contributed by atoms with Gasteiger partial charge in [-0.1, -0.05) is 24.3 Å². The second kappa shape index (κ2) is 11.2. The third-order valence-corrected chi connectivity index (χ3v) is 5.30. The van der Waals surface area contributed by atoms with Crippen molar-refractivity contribution in [1.29, 1.82) is 0 Å². The number of ether oxygens (including phenoxy) is 1. The molecule has 1 amide bonds. The summed E-state index contributed by atoms with van der Waals surface area (Å²) in [4.78, 5) is 36.3. The van der Waals surface area contributed by atoms with Gasteiger partial charge in [-0.25, -0.2) is 9.59 Å². The van der Waals surface area contributed by atoms with Gasteiger partial charge in [0, 0.05) is 23.1 Å². The molecule has 1 unspecified atom stereocenters. The lowest BCUT2D eigenvalue weighted by Gasteiger charge is -2.11. The van der Waals surface area contributed by atoms with Crippen molar-refractivity contribution < 1.29 is 29.0 Å². The average molecular weight is 448 g/mol.